The van der Waals surface area contributed by atoms with E-state index in [1.54, 1.807) is 0 Å². The summed E-state index contributed by atoms with van der Waals surface area (Å²) in [6.45, 7) is 4.81. The molecule has 1 aliphatic heterocycles. The van der Waals surface area contributed by atoms with E-state index in [9.17, 15) is 0 Å². The van der Waals surface area contributed by atoms with Gasteiger partial charge in [0.2, 0.25) is 0 Å². The standard InChI is InChI=1S/C14H21NO2/c1-12-2-4-13(5-3-12)10-17-14(11-15)6-8-16-9-7-14/h2-5H,6-11,15H2,1H3. The smallest absolute Gasteiger partial charge is 0.0852 e. The van der Waals surface area contributed by atoms with Crippen molar-refractivity contribution in [1.82, 2.24) is 0 Å². The van der Waals surface area contributed by atoms with Crippen LogP contribution in [0.2, 0.25) is 0 Å². The maximum Gasteiger partial charge on any atom is 0.0852 e. The van der Waals surface area contributed by atoms with Crippen LogP contribution in [-0.4, -0.2) is 25.4 Å². The molecule has 0 saturated carbocycles. The first-order valence-corrected chi connectivity index (χ1v) is 6.21. The van der Waals surface area contributed by atoms with Gasteiger partial charge in [-0.05, 0) is 12.5 Å². The van der Waals surface area contributed by atoms with Crippen LogP contribution >= 0.6 is 0 Å². The predicted molar refractivity (Wildman–Crippen MR) is 67.8 cm³/mol. The predicted octanol–water partition coefficient (Wildman–Crippen LogP) is 2.02. The molecule has 0 unspecified atom stereocenters. The van der Waals surface area contributed by atoms with E-state index in [0.717, 1.165) is 26.1 Å². The Labute approximate surface area is 103 Å². The molecule has 1 fully saturated rings. The Balaban J connectivity index is 1.93. The minimum absolute atomic E-state index is 0.177. The summed E-state index contributed by atoms with van der Waals surface area (Å²) in [6, 6.07) is 8.44. The first-order chi connectivity index (χ1) is 8.24. The van der Waals surface area contributed by atoms with Crippen molar-refractivity contribution in [2.24, 2.45) is 5.73 Å². The summed E-state index contributed by atoms with van der Waals surface area (Å²) in [6.07, 6.45) is 1.80. The maximum absolute atomic E-state index is 6.04. The van der Waals surface area contributed by atoms with Crippen LogP contribution in [0.15, 0.2) is 24.3 Å². The van der Waals surface area contributed by atoms with E-state index in [1.165, 1.54) is 11.1 Å². The number of benzene rings is 1. The molecule has 1 aromatic rings. The van der Waals surface area contributed by atoms with Gasteiger partial charge in [-0.2, -0.15) is 0 Å². The van der Waals surface area contributed by atoms with Crippen molar-refractivity contribution in [2.45, 2.75) is 32.0 Å². The highest BCUT2D eigenvalue weighted by atomic mass is 16.5. The van der Waals surface area contributed by atoms with Crippen molar-refractivity contribution >= 4 is 0 Å². The molecule has 3 nitrogen and oxygen atoms in total. The van der Waals surface area contributed by atoms with Gasteiger partial charge in [-0.25, -0.2) is 0 Å². The van der Waals surface area contributed by atoms with Crippen LogP contribution in [0.5, 0.6) is 0 Å². The van der Waals surface area contributed by atoms with Crippen molar-refractivity contribution in [1.29, 1.82) is 0 Å². The zero-order valence-electron chi connectivity index (χ0n) is 10.4. The molecular formula is C14H21NO2. The van der Waals surface area contributed by atoms with E-state index in [0.29, 0.717) is 13.2 Å². The van der Waals surface area contributed by atoms with Crippen LogP contribution in [0, 0.1) is 6.92 Å². The molecule has 0 atom stereocenters. The first kappa shape index (κ1) is 12.6. The average molecular weight is 235 g/mol. The topological polar surface area (TPSA) is 44.5 Å². The summed E-state index contributed by atoms with van der Waals surface area (Å²) in [4.78, 5) is 0. The largest absolute Gasteiger partial charge is 0.381 e. The quantitative estimate of drug-likeness (QED) is 0.868. The van der Waals surface area contributed by atoms with Gasteiger partial charge in [0.05, 0.1) is 12.2 Å². The van der Waals surface area contributed by atoms with Gasteiger partial charge in [-0.3, -0.25) is 0 Å². The normalized spacial score (nSPS) is 19.2. The molecule has 2 N–H and O–H groups in total. The van der Waals surface area contributed by atoms with Crippen LogP contribution in [0.25, 0.3) is 0 Å². The van der Waals surface area contributed by atoms with Crippen molar-refractivity contribution in [3.8, 4) is 0 Å². The van der Waals surface area contributed by atoms with Crippen molar-refractivity contribution < 1.29 is 9.47 Å². The summed E-state index contributed by atoms with van der Waals surface area (Å²) in [5.74, 6) is 0. The minimum atomic E-state index is -0.177. The molecule has 0 radical (unpaired) electrons. The van der Waals surface area contributed by atoms with Crippen molar-refractivity contribution in [3.63, 3.8) is 0 Å². The Morgan fingerprint density at radius 2 is 1.88 bits per heavy atom. The van der Waals surface area contributed by atoms with Crippen LogP contribution in [-0.2, 0) is 16.1 Å². The molecule has 3 heteroatoms. The van der Waals surface area contributed by atoms with Crippen molar-refractivity contribution in [2.75, 3.05) is 19.8 Å². The van der Waals surface area contributed by atoms with Crippen LogP contribution < -0.4 is 5.73 Å². The second-order valence-corrected chi connectivity index (χ2v) is 4.77. The number of hydrogen-bond donors (Lipinski definition) is 1. The molecule has 1 heterocycles. The molecule has 1 aliphatic rings. The monoisotopic (exact) mass is 235 g/mol. The number of rotatable bonds is 4. The van der Waals surface area contributed by atoms with Gasteiger partial charge in [0.1, 0.15) is 0 Å². The Bertz CT molecular complexity index is 342. The lowest BCUT2D eigenvalue weighted by Crippen LogP contribution is -2.45. The lowest BCUT2D eigenvalue weighted by molar-refractivity contribution is -0.112. The second kappa shape index (κ2) is 5.63. The first-order valence-electron chi connectivity index (χ1n) is 6.21. The van der Waals surface area contributed by atoms with E-state index < -0.39 is 0 Å². The molecule has 1 aromatic carbocycles. The zero-order chi connectivity index (χ0) is 12.1. The second-order valence-electron chi connectivity index (χ2n) is 4.77. The molecule has 0 spiro atoms. The Kier molecular flexibility index (Phi) is 4.15. The summed E-state index contributed by atoms with van der Waals surface area (Å²) in [5.41, 5.74) is 8.14. The van der Waals surface area contributed by atoms with Crippen molar-refractivity contribution in [3.05, 3.63) is 35.4 Å². The molecule has 0 aliphatic carbocycles. The van der Waals surface area contributed by atoms with Gasteiger partial charge in [0.15, 0.2) is 0 Å². The highest BCUT2D eigenvalue weighted by Gasteiger charge is 2.31. The van der Waals surface area contributed by atoms with Gasteiger partial charge in [-0.15, -0.1) is 0 Å². The van der Waals surface area contributed by atoms with E-state index in [2.05, 4.69) is 31.2 Å². The highest BCUT2D eigenvalue weighted by Crippen LogP contribution is 2.25. The van der Waals surface area contributed by atoms with Crippen LogP contribution in [0.3, 0.4) is 0 Å². The molecule has 0 aromatic heterocycles. The lowest BCUT2D eigenvalue weighted by atomic mass is 9.94. The number of nitrogens with two attached hydrogens (primary N) is 1. The molecule has 94 valence electrons. The Morgan fingerprint density at radius 1 is 1.24 bits per heavy atom. The third-order valence-electron chi connectivity index (χ3n) is 3.44. The van der Waals surface area contributed by atoms with E-state index in [-0.39, 0.29) is 5.60 Å². The fraction of sp³-hybridized carbons (Fsp3) is 0.571. The molecule has 1 saturated heterocycles. The summed E-state index contributed by atoms with van der Waals surface area (Å²) in [5, 5.41) is 0. The van der Waals surface area contributed by atoms with Crippen LogP contribution in [0.1, 0.15) is 24.0 Å². The minimum Gasteiger partial charge on any atom is -0.381 e. The number of ether oxygens (including phenoxy) is 2. The number of hydrogen-bond acceptors (Lipinski definition) is 3. The van der Waals surface area contributed by atoms with E-state index >= 15 is 0 Å². The number of aryl methyl sites for hydroxylation is 1. The summed E-state index contributed by atoms with van der Waals surface area (Å²) < 4.78 is 11.4. The van der Waals surface area contributed by atoms with E-state index in [1.807, 2.05) is 0 Å². The molecule has 17 heavy (non-hydrogen) atoms. The molecule has 2 rings (SSSR count). The Hall–Kier alpha value is -0.900. The lowest BCUT2D eigenvalue weighted by Gasteiger charge is -2.36. The Morgan fingerprint density at radius 3 is 2.47 bits per heavy atom. The fourth-order valence-electron chi connectivity index (χ4n) is 2.07. The van der Waals surface area contributed by atoms with Gasteiger partial charge >= 0.3 is 0 Å². The fourth-order valence-corrected chi connectivity index (χ4v) is 2.07. The molecule has 0 amide bonds. The van der Waals surface area contributed by atoms with Crippen LogP contribution in [0.4, 0.5) is 0 Å². The van der Waals surface area contributed by atoms with Gasteiger partial charge < -0.3 is 15.2 Å². The summed E-state index contributed by atoms with van der Waals surface area (Å²) >= 11 is 0. The SMILES string of the molecule is Cc1ccc(COC2(CN)CCOCC2)cc1. The van der Waals surface area contributed by atoms with Gasteiger partial charge in [0.25, 0.3) is 0 Å². The third kappa shape index (κ3) is 3.28. The highest BCUT2D eigenvalue weighted by molar-refractivity contribution is 5.20. The maximum atomic E-state index is 6.04. The molecular weight excluding hydrogens is 214 g/mol. The molecule has 0 bridgehead atoms. The van der Waals surface area contributed by atoms with E-state index in [4.69, 9.17) is 15.2 Å². The van der Waals surface area contributed by atoms with Gasteiger partial charge in [0, 0.05) is 32.6 Å². The zero-order valence-corrected chi connectivity index (χ0v) is 10.4. The average Bonchev–Trinajstić information content (AvgIpc) is 2.39. The third-order valence-corrected chi connectivity index (χ3v) is 3.44. The summed E-state index contributed by atoms with van der Waals surface area (Å²) in [7, 11) is 0. The van der Waals surface area contributed by atoms with Gasteiger partial charge in [-0.1, -0.05) is 29.8 Å².